The van der Waals surface area contributed by atoms with Gasteiger partial charge in [-0.05, 0) is 18.6 Å². The molecule has 0 atom stereocenters. The Bertz CT molecular complexity index is 647. The van der Waals surface area contributed by atoms with Gasteiger partial charge in [0.1, 0.15) is 17.7 Å². The summed E-state index contributed by atoms with van der Waals surface area (Å²) in [5, 5.41) is 11.9. The molecule has 2 N–H and O–H groups in total. The van der Waals surface area contributed by atoms with E-state index in [1.165, 1.54) is 0 Å². The van der Waals surface area contributed by atoms with Crippen molar-refractivity contribution < 1.29 is 0 Å². The third-order valence-electron chi connectivity index (χ3n) is 2.34. The van der Waals surface area contributed by atoms with E-state index in [-0.39, 0.29) is 18.0 Å². The highest BCUT2D eigenvalue weighted by atomic mass is 35.5. The second-order valence-corrected chi connectivity index (χ2v) is 3.70. The maximum Gasteiger partial charge on any atom is 0.293 e. The number of nitriles is 1. The number of aromatic nitrogens is 3. The van der Waals surface area contributed by atoms with Crippen molar-refractivity contribution in [2.75, 3.05) is 5.32 Å². The Labute approximate surface area is 115 Å². The van der Waals surface area contributed by atoms with Gasteiger partial charge in [-0.25, -0.2) is 0 Å². The Morgan fingerprint density at radius 2 is 2.32 bits per heavy atom. The first-order valence-corrected chi connectivity index (χ1v) is 5.34. The van der Waals surface area contributed by atoms with E-state index in [1.807, 2.05) is 18.2 Å². The molecule has 2 rings (SSSR count). The van der Waals surface area contributed by atoms with Crippen LogP contribution in [-0.2, 0) is 6.54 Å². The van der Waals surface area contributed by atoms with Crippen molar-refractivity contribution in [1.82, 2.24) is 15.0 Å². The summed E-state index contributed by atoms with van der Waals surface area (Å²) in [6, 6.07) is 5.57. The van der Waals surface area contributed by atoms with E-state index in [0.29, 0.717) is 18.2 Å². The lowest BCUT2D eigenvalue weighted by Crippen LogP contribution is -2.17. The molecule has 0 amide bonds. The van der Waals surface area contributed by atoms with Crippen LogP contribution in [-0.4, -0.2) is 15.0 Å². The lowest BCUT2D eigenvalue weighted by Gasteiger charge is -2.08. The molecule has 0 aliphatic rings. The molecule has 0 saturated heterocycles. The molecule has 0 unspecified atom stereocenters. The second kappa shape index (κ2) is 6.52. The molecule has 2 heterocycles. The van der Waals surface area contributed by atoms with Crippen LogP contribution in [0.4, 0.5) is 5.82 Å². The highest BCUT2D eigenvalue weighted by molar-refractivity contribution is 5.85. The van der Waals surface area contributed by atoms with Gasteiger partial charge in [-0.15, -0.1) is 12.4 Å². The number of aromatic amines is 1. The van der Waals surface area contributed by atoms with Crippen molar-refractivity contribution >= 4 is 18.2 Å². The fraction of sp³-hybridized carbons (Fsp3) is 0.167. The fourth-order valence-corrected chi connectivity index (χ4v) is 1.52. The molecule has 0 saturated carbocycles. The van der Waals surface area contributed by atoms with Crippen LogP contribution >= 0.6 is 12.4 Å². The highest BCUT2D eigenvalue weighted by Gasteiger charge is 2.08. The van der Waals surface area contributed by atoms with E-state index in [0.717, 1.165) is 5.56 Å². The first kappa shape index (κ1) is 14.7. The molecule has 2 aromatic heterocycles. The van der Waals surface area contributed by atoms with Gasteiger partial charge in [-0.2, -0.15) is 10.2 Å². The summed E-state index contributed by atoms with van der Waals surface area (Å²) in [6.45, 7) is 2.14. The van der Waals surface area contributed by atoms with Crippen LogP contribution in [0.1, 0.15) is 17.0 Å². The molecular weight excluding hydrogens is 266 g/mol. The maximum absolute atomic E-state index is 11.5. The topological polar surface area (TPSA) is 94.5 Å². The van der Waals surface area contributed by atoms with Gasteiger partial charge in [0.2, 0.25) is 0 Å². The average molecular weight is 278 g/mol. The zero-order valence-electron chi connectivity index (χ0n) is 10.2. The molecule has 6 nitrogen and oxygen atoms in total. The Kier molecular flexibility index (Phi) is 5.03. The quantitative estimate of drug-likeness (QED) is 0.884. The van der Waals surface area contributed by atoms with Crippen LogP contribution in [0.5, 0.6) is 0 Å². The SMILES string of the molecule is Cc1nc(=O)c(C#N)c(NCc2cccnc2)[nH]1.Cl. The molecule has 0 radical (unpaired) electrons. The second-order valence-electron chi connectivity index (χ2n) is 3.70. The van der Waals surface area contributed by atoms with Crippen LogP contribution in [0.15, 0.2) is 29.3 Å². The van der Waals surface area contributed by atoms with Gasteiger partial charge < -0.3 is 10.3 Å². The molecule has 2 aromatic rings. The summed E-state index contributed by atoms with van der Waals surface area (Å²) >= 11 is 0. The summed E-state index contributed by atoms with van der Waals surface area (Å²) < 4.78 is 0. The van der Waals surface area contributed by atoms with Crippen molar-refractivity contribution in [2.45, 2.75) is 13.5 Å². The minimum atomic E-state index is -0.526. The predicted molar refractivity (Wildman–Crippen MR) is 73.1 cm³/mol. The third-order valence-corrected chi connectivity index (χ3v) is 2.34. The van der Waals surface area contributed by atoms with Gasteiger partial charge in [0, 0.05) is 18.9 Å². The number of hydrogen-bond acceptors (Lipinski definition) is 5. The zero-order valence-corrected chi connectivity index (χ0v) is 11.0. The van der Waals surface area contributed by atoms with Crippen LogP contribution in [0.3, 0.4) is 0 Å². The molecule has 98 valence electrons. The first-order chi connectivity index (χ1) is 8.70. The van der Waals surface area contributed by atoms with E-state index >= 15 is 0 Å². The smallest absolute Gasteiger partial charge is 0.293 e. The van der Waals surface area contributed by atoms with E-state index < -0.39 is 5.56 Å². The molecule has 0 aromatic carbocycles. The molecule has 19 heavy (non-hydrogen) atoms. The van der Waals surface area contributed by atoms with Crippen molar-refractivity contribution in [3.63, 3.8) is 0 Å². The van der Waals surface area contributed by atoms with Gasteiger partial charge in [-0.1, -0.05) is 6.07 Å². The number of anilines is 1. The summed E-state index contributed by atoms with van der Waals surface area (Å²) in [4.78, 5) is 22.0. The van der Waals surface area contributed by atoms with Crippen LogP contribution in [0, 0.1) is 18.3 Å². The van der Waals surface area contributed by atoms with Crippen LogP contribution < -0.4 is 10.9 Å². The number of rotatable bonds is 3. The minimum Gasteiger partial charge on any atom is -0.366 e. The van der Waals surface area contributed by atoms with Crippen molar-refractivity contribution in [3.05, 3.63) is 51.8 Å². The molecule has 7 heteroatoms. The molecular formula is C12H12ClN5O. The van der Waals surface area contributed by atoms with Gasteiger partial charge in [-0.3, -0.25) is 9.78 Å². The maximum atomic E-state index is 11.5. The van der Waals surface area contributed by atoms with Crippen molar-refractivity contribution in [1.29, 1.82) is 5.26 Å². The molecule has 0 aliphatic heterocycles. The van der Waals surface area contributed by atoms with E-state index in [9.17, 15) is 4.79 Å². The third kappa shape index (κ3) is 3.53. The van der Waals surface area contributed by atoms with Crippen LogP contribution in [0.2, 0.25) is 0 Å². The Morgan fingerprint density at radius 1 is 1.53 bits per heavy atom. The number of nitrogens with zero attached hydrogens (tertiary/aromatic N) is 3. The number of hydrogen-bond donors (Lipinski definition) is 2. The molecule has 0 fully saturated rings. The largest absolute Gasteiger partial charge is 0.366 e. The monoisotopic (exact) mass is 277 g/mol. The van der Waals surface area contributed by atoms with Crippen molar-refractivity contribution in [3.8, 4) is 6.07 Å². The summed E-state index contributed by atoms with van der Waals surface area (Å²) in [7, 11) is 0. The van der Waals surface area contributed by atoms with Gasteiger partial charge in [0.05, 0.1) is 0 Å². The number of pyridine rings is 1. The van der Waals surface area contributed by atoms with E-state index in [2.05, 4.69) is 20.3 Å². The number of aryl methyl sites for hydroxylation is 1. The van der Waals surface area contributed by atoms with E-state index in [1.54, 1.807) is 19.3 Å². The Morgan fingerprint density at radius 3 is 2.95 bits per heavy atom. The molecule has 0 spiro atoms. The average Bonchev–Trinajstić information content (AvgIpc) is 2.37. The zero-order chi connectivity index (χ0) is 13.0. The van der Waals surface area contributed by atoms with E-state index in [4.69, 9.17) is 5.26 Å². The molecule has 0 bridgehead atoms. The lowest BCUT2D eigenvalue weighted by molar-refractivity contribution is 0.985. The van der Waals surface area contributed by atoms with Crippen LogP contribution in [0.25, 0.3) is 0 Å². The first-order valence-electron chi connectivity index (χ1n) is 5.34. The number of H-pyrrole nitrogens is 1. The summed E-state index contributed by atoms with van der Waals surface area (Å²) in [5.74, 6) is 0.853. The van der Waals surface area contributed by atoms with Gasteiger partial charge >= 0.3 is 0 Å². The number of halogens is 1. The van der Waals surface area contributed by atoms with Crippen molar-refractivity contribution in [2.24, 2.45) is 0 Å². The fourth-order valence-electron chi connectivity index (χ4n) is 1.52. The van der Waals surface area contributed by atoms with Gasteiger partial charge in [0.15, 0.2) is 5.56 Å². The minimum absolute atomic E-state index is 0. The standard InChI is InChI=1S/C12H11N5O.ClH/c1-8-16-11(10(5-13)12(18)17-8)15-7-9-3-2-4-14-6-9;/h2-4,6H,7H2,1H3,(H2,15,16,17,18);1H. The predicted octanol–water partition coefficient (Wildman–Crippen LogP) is 1.38. The Hall–Kier alpha value is -2.39. The number of nitrogens with one attached hydrogen (secondary N) is 2. The summed E-state index contributed by atoms with van der Waals surface area (Å²) in [5.41, 5.74) is 0.420. The Balaban J connectivity index is 0.00000180. The summed E-state index contributed by atoms with van der Waals surface area (Å²) in [6.07, 6.45) is 3.40. The normalized spacial score (nSPS) is 9.26. The highest BCUT2D eigenvalue weighted by Crippen LogP contribution is 2.08. The lowest BCUT2D eigenvalue weighted by atomic mass is 10.2. The molecule has 0 aliphatic carbocycles. The van der Waals surface area contributed by atoms with Gasteiger partial charge in [0.25, 0.3) is 5.56 Å².